The number of aryl methyl sites for hydroxylation is 2. The van der Waals surface area contributed by atoms with Crippen LogP contribution in [0.4, 0.5) is 5.69 Å². The fourth-order valence-electron chi connectivity index (χ4n) is 5.01. The molecule has 178 valence electrons. The summed E-state index contributed by atoms with van der Waals surface area (Å²) in [6, 6.07) is 22.3. The van der Waals surface area contributed by atoms with E-state index < -0.39 is 0 Å². The Kier molecular flexibility index (Phi) is 6.26. The van der Waals surface area contributed by atoms with Gasteiger partial charge < -0.3 is 19.5 Å². The largest absolute Gasteiger partial charge is 0.495 e. The number of nitrogens with zero attached hydrogens (tertiary/aromatic N) is 3. The zero-order chi connectivity index (χ0) is 24.7. The number of methoxy groups -OCH3 is 1. The van der Waals surface area contributed by atoms with Crippen LogP contribution in [0.15, 0.2) is 72.9 Å². The second kappa shape index (κ2) is 9.36. The molecule has 4 aromatic rings. The lowest BCUT2D eigenvalue weighted by Crippen LogP contribution is -2.29. The maximum Gasteiger partial charge on any atom is 0.174 e. The molecule has 0 unspecified atom stereocenters. The second-order valence-electron chi connectivity index (χ2n) is 8.82. The minimum Gasteiger partial charge on any atom is -0.495 e. The predicted octanol–water partition coefficient (Wildman–Crippen LogP) is 6.64. The summed E-state index contributed by atoms with van der Waals surface area (Å²) in [4.78, 5) is 6.81. The van der Waals surface area contributed by atoms with Gasteiger partial charge in [-0.2, -0.15) is 0 Å². The Hall–Kier alpha value is -3.35. The minimum atomic E-state index is -0.129. The fraction of sp³-hybridized carbons (Fsp3) is 0.214. The standard InChI is InChI=1S/C28H27ClN4OS/c1-17-8-7-9-20(14-17)32-18(2)15-22(19(32)3)27-26(24-10-5-6-13-30-24)31-28(35)33(27)21-11-12-25(34-4)23(29)16-21/h5-16,26-27H,1-4H3,(H,31,35)/t26-,27+/m1/s1. The zero-order valence-electron chi connectivity index (χ0n) is 20.1. The van der Waals surface area contributed by atoms with Crippen molar-refractivity contribution in [2.45, 2.75) is 32.9 Å². The third kappa shape index (κ3) is 4.17. The molecule has 1 aliphatic heterocycles. The highest BCUT2D eigenvalue weighted by molar-refractivity contribution is 7.80. The third-order valence-electron chi connectivity index (χ3n) is 6.56. The van der Waals surface area contributed by atoms with Gasteiger partial charge in [-0.05, 0) is 92.6 Å². The monoisotopic (exact) mass is 502 g/mol. The number of aromatic nitrogens is 2. The number of hydrogen-bond donors (Lipinski definition) is 1. The normalized spacial score (nSPS) is 17.5. The molecule has 5 nitrogen and oxygen atoms in total. The molecule has 0 spiro atoms. The lowest BCUT2D eigenvalue weighted by atomic mass is 9.96. The molecule has 1 N–H and O–H groups in total. The number of anilines is 1. The van der Waals surface area contributed by atoms with Crippen molar-refractivity contribution in [3.05, 3.63) is 106 Å². The molecule has 3 heterocycles. The number of hydrogen-bond acceptors (Lipinski definition) is 3. The van der Waals surface area contributed by atoms with Gasteiger partial charge in [0.05, 0.1) is 29.9 Å². The van der Waals surface area contributed by atoms with E-state index in [9.17, 15) is 0 Å². The quantitative estimate of drug-likeness (QED) is 0.310. The van der Waals surface area contributed by atoms with E-state index in [1.165, 1.54) is 11.1 Å². The molecule has 2 aromatic heterocycles. The van der Waals surface area contributed by atoms with Crippen LogP contribution in [0.5, 0.6) is 5.75 Å². The van der Waals surface area contributed by atoms with Crippen LogP contribution in [-0.2, 0) is 0 Å². The molecule has 1 saturated heterocycles. The number of benzene rings is 2. The van der Waals surface area contributed by atoms with E-state index in [1.54, 1.807) is 7.11 Å². The van der Waals surface area contributed by atoms with Crippen molar-refractivity contribution in [3.8, 4) is 11.4 Å². The summed E-state index contributed by atoms with van der Waals surface area (Å²) < 4.78 is 7.68. The van der Waals surface area contributed by atoms with Crippen LogP contribution in [0.1, 0.15) is 40.3 Å². The van der Waals surface area contributed by atoms with Crippen molar-refractivity contribution in [1.29, 1.82) is 0 Å². The van der Waals surface area contributed by atoms with E-state index in [4.69, 9.17) is 28.6 Å². The number of thiocarbonyl (C=S) groups is 1. The van der Waals surface area contributed by atoms with Gasteiger partial charge in [0.15, 0.2) is 5.11 Å². The Morgan fingerprint density at radius 3 is 2.49 bits per heavy atom. The van der Waals surface area contributed by atoms with Crippen LogP contribution in [0, 0.1) is 20.8 Å². The SMILES string of the molecule is COc1ccc(N2C(=S)N[C@H](c3ccccn3)[C@@H]2c2cc(C)n(-c3cccc(C)c3)c2C)cc1Cl. The average molecular weight is 503 g/mol. The number of pyridine rings is 1. The van der Waals surface area contributed by atoms with Crippen molar-refractivity contribution in [2.24, 2.45) is 0 Å². The summed E-state index contributed by atoms with van der Waals surface area (Å²) in [5.74, 6) is 0.629. The van der Waals surface area contributed by atoms with E-state index in [0.29, 0.717) is 15.9 Å². The van der Waals surface area contributed by atoms with Crippen LogP contribution in [0.3, 0.4) is 0 Å². The number of ether oxygens (including phenoxy) is 1. The smallest absolute Gasteiger partial charge is 0.174 e. The van der Waals surface area contributed by atoms with Gasteiger partial charge in [-0.15, -0.1) is 0 Å². The highest BCUT2D eigenvalue weighted by Crippen LogP contribution is 2.44. The summed E-state index contributed by atoms with van der Waals surface area (Å²) in [5, 5.41) is 4.70. The average Bonchev–Trinajstić information content (AvgIpc) is 3.34. The molecule has 2 aromatic carbocycles. The maximum atomic E-state index is 6.53. The topological polar surface area (TPSA) is 42.3 Å². The van der Waals surface area contributed by atoms with E-state index >= 15 is 0 Å². The molecule has 0 amide bonds. The predicted molar refractivity (Wildman–Crippen MR) is 146 cm³/mol. The first kappa shape index (κ1) is 23.4. The lowest BCUT2D eigenvalue weighted by Gasteiger charge is -2.28. The number of rotatable bonds is 5. The van der Waals surface area contributed by atoms with Crippen molar-refractivity contribution >= 4 is 34.6 Å². The molecule has 0 aliphatic carbocycles. The molecule has 1 fully saturated rings. The molecule has 2 atom stereocenters. The maximum absolute atomic E-state index is 6.53. The molecule has 1 aliphatic rings. The number of nitrogens with one attached hydrogen (secondary N) is 1. The van der Waals surface area contributed by atoms with Crippen LogP contribution >= 0.6 is 23.8 Å². The first-order valence-corrected chi connectivity index (χ1v) is 12.3. The van der Waals surface area contributed by atoms with Crippen molar-refractivity contribution in [3.63, 3.8) is 0 Å². The second-order valence-corrected chi connectivity index (χ2v) is 9.61. The Balaban J connectivity index is 1.68. The van der Waals surface area contributed by atoms with Gasteiger partial charge in [0.25, 0.3) is 0 Å². The fourth-order valence-corrected chi connectivity index (χ4v) is 5.60. The Bertz CT molecular complexity index is 1400. The molecule has 0 saturated carbocycles. The summed E-state index contributed by atoms with van der Waals surface area (Å²) >= 11 is 12.4. The third-order valence-corrected chi connectivity index (χ3v) is 7.17. The lowest BCUT2D eigenvalue weighted by molar-refractivity contribution is 0.415. The van der Waals surface area contributed by atoms with Crippen LogP contribution in [-0.4, -0.2) is 21.8 Å². The van der Waals surface area contributed by atoms with Crippen LogP contribution in [0.2, 0.25) is 5.02 Å². The summed E-state index contributed by atoms with van der Waals surface area (Å²) in [6.07, 6.45) is 1.82. The van der Waals surface area contributed by atoms with Gasteiger partial charge >= 0.3 is 0 Å². The van der Waals surface area contributed by atoms with E-state index in [0.717, 1.165) is 28.5 Å². The highest BCUT2D eigenvalue weighted by Gasteiger charge is 2.42. The first-order chi connectivity index (χ1) is 16.9. The molecule has 7 heteroatoms. The Morgan fingerprint density at radius 2 is 1.80 bits per heavy atom. The molecular formula is C28H27ClN4OS. The molecular weight excluding hydrogens is 476 g/mol. The molecule has 35 heavy (non-hydrogen) atoms. The molecule has 5 rings (SSSR count). The van der Waals surface area contributed by atoms with Gasteiger partial charge in [0, 0.05) is 29.0 Å². The van der Waals surface area contributed by atoms with Gasteiger partial charge in [-0.3, -0.25) is 4.98 Å². The molecule has 0 bridgehead atoms. The van der Waals surface area contributed by atoms with Gasteiger partial charge in [0.2, 0.25) is 0 Å². The van der Waals surface area contributed by atoms with Crippen LogP contribution in [0.25, 0.3) is 5.69 Å². The van der Waals surface area contributed by atoms with Crippen molar-refractivity contribution in [1.82, 2.24) is 14.9 Å². The van der Waals surface area contributed by atoms with Crippen LogP contribution < -0.4 is 15.0 Å². The summed E-state index contributed by atoms with van der Waals surface area (Å²) in [5.41, 5.74) is 7.70. The van der Waals surface area contributed by atoms with Crippen molar-refractivity contribution in [2.75, 3.05) is 12.0 Å². The van der Waals surface area contributed by atoms with E-state index in [-0.39, 0.29) is 12.1 Å². The summed E-state index contributed by atoms with van der Waals surface area (Å²) in [7, 11) is 1.61. The highest BCUT2D eigenvalue weighted by atomic mass is 35.5. The first-order valence-electron chi connectivity index (χ1n) is 11.5. The Morgan fingerprint density at radius 1 is 0.971 bits per heavy atom. The summed E-state index contributed by atoms with van der Waals surface area (Å²) in [6.45, 7) is 6.43. The Labute approximate surface area is 216 Å². The minimum absolute atomic E-state index is 0.119. The van der Waals surface area contributed by atoms with Gasteiger partial charge in [-0.1, -0.05) is 29.8 Å². The van der Waals surface area contributed by atoms with E-state index in [1.807, 2.05) is 42.6 Å². The number of halogens is 1. The van der Waals surface area contributed by atoms with Gasteiger partial charge in [0.1, 0.15) is 5.75 Å². The zero-order valence-corrected chi connectivity index (χ0v) is 21.7. The van der Waals surface area contributed by atoms with E-state index in [2.05, 4.69) is 70.9 Å². The van der Waals surface area contributed by atoms with Crippen molar-refractivity contribution < 1.29 is 4.74 Å². The molecule has 0 radical (unpaired) electrons. The van der Waals surface area contributed by atoms with Gasteiger partial charge in [-0.25, -0.2) is 0 Å².